The van der Waals surface area contributed by atoms with Crippen LogP contribution in [0.25, 0.3) is 0 Å². The van der Waals surface area contributed by atoms with Crippen molar-refractivity contribution in [2.75, 3.05) is 6.54 Å². The molecule has 0 aliphatic carbocycles. The van der Waals surface area contributed by atoms with Crippen molar-refractivity contribution in [3.8, 4) is 0 Å². The second-order valence-corrected chi connectivity index (χ2v) is 3.80. The highest BCUT2D eigenvalue weighted by Gasteiger charge is 2.07. The first-order valence-corrected chi connectivity index (χ1v) is 5.38. The lowest BCUT2D eigenvalue weighted by Gasteiger charge is -2.10. The third kappa shape index (κ3) is 4.00. The number of aryl methyl sites for hydroxylation is 1. The van der Waals surface area contributed by atoms with Crippen molar-refractivity contribution in [1.82, 2.24) is 0 Å². The van der Waals surface area contributed by atoms with Crippen LogP contribution in [-0.2, 0) is 11.2 Å². The molecule has 4 heteroatoms. The Kier molecular flexibility index (Phi) is 4.95. The number of benzene rings is 1. The minimum absolute atomic E-state index is 0.312. The second kappa shape index (κ2) is 6.25. The van der Waals surface area contributed by atoms with Gasteiger partial charge in [-0.25, -0.2) is 0 Å². The third-order valence-electron chi connectivity index (χ3n) is 2.44. The fraction of sp³-hybridized carbons (Fsp3) is 0.417. The van der Waals surface area contributed by atoms with Crippen molar-refractivity contribution in [1.29, 1.82) is 0 Å². The van der Waals surface area contributed by atoms with E-state index in [-0.39, 0.29) is 5.91 Å². The highest BCUT2D eigenvalue weighted by Crippen LogP contribution is 2.17. The molecule has 88 valence electrons. The first-order valence-electron chi connectivity index (χ1n) is 5.38. The number of rotatable bonds is 6. The maximum Gasteiger partial charge on any atom is 0.217 e. The summed E-state index contributed by atoms with van der Waals surface area (Å²) in [5, 5.41) is 9.75. The van der Waals surface area contributed by atoms with Gasteiger partial charge in [-0.1, -0.05) is 24.3 Å². The molecule has 0 radical (unpaired) electrons. The quantitative estimate of drug-likeness (QED) is 0.654. The maximum absolute atomic E-state index is 10.7. The normalized spacial score (nSPS) is 12.4. The Labute approximate surface area is 95.3 Å². The van der Waals surface area contributed by atoms with Crippen LogP contribution >= 0.6 is 0 Å². The average molecular weight is 222 g/mol. The van der Waals surface area contributed by atoms with E-state index in [1.807, 2.05) is 24.3 Å². The van der Waals surface area contributed by atoms with Gasteiger partial charge >= 0.3 is 0 Å². The molecular formula is C12H18N2O2. The zero-order valence-corrected chi connectivity index (χ0v) is 9.23. The summed E-state index contributed by atoms with van der Waals surface area (Å²) in [4.78, 5) is 10.7. The van der Waals surface area contributed by atoms with Crippen LogP contribution in [0.3, 0.4) is 0 Å². The molecule has 1 aromatic carbocycles. The van der Waals surface area contributed by atoms with Crippen LogP contribution in [0.15, 0.2) is 24.3 Å². The Morgan fingerprint density at radius 1 is 1.44 bits per heavy atom. The summed E-state index contributed by atoms with van der Waals surface area (Å²) in [6.45, 7) is 0.451. The zero-order chi connectivity index (χ0) is 12.0. The molecule has 1 unspecified atom stereocenters. The molecule has 0 bridgehead atoms. The summed E-state index contributed by atoms with van der Waals surface area (Å²) in [5.41, 5.74) is 12.3. The molecule has 5 N–H and O–H groups in total. The minimum atomic E-state index is -0.529. The van der Waals surface area contributed by atoms with Gasteiger partial charge in [-0.2, -0.15) is 0 Å². The van der Waals surface area contributed by atoms with Gasteiger partial charge in [0, 0.05) is 6.42 Å². The van der Waals surface area contributed by atoms with E-state index in [0.29, 0.717) is 25.8 Å². The minimum Gasteiger partial charge on any atom is -0.388 e. The Hall–Kier alpha value is -1.39. The van der Waals surface area contributed by atoms with Crippen molar-refractivity contribution in [2.45, 2.75) is 25.4 Å². The standard InChI is InChI=1S/C12H18N2O2/c13-7-6-11(15)10-3-1-2-9(8-10)4-5-12(14)16/h1-3,8,11,15H,4-7,13H2,(H2,14,16). The van der Waals surface area contributed by atoms with E-state index in [9.17, 15) is 9.90 Å². The maximum atomic E-state index is 10.7. The fourth-order valence-corrected chi connectivity index (χ4v) is 1.55. The summed E-state index contributed by atoms with van der Waals surface area (Å²) in [7, 11) is 0. The number of carbonyl (C=O) groups excluding carboxylic acids is 1. The van der Waals surface area contributed by atoms with Gasteiger partial charge in [-0.3, -0.25) is 4.79 Å². The third-order valence-corrected chi connectivity index (χ3v) is 2.44. The van der Waals surface area contributed by atoms with Crippen LogP contribution in [0, 0.1) is 0 Å². The summed E-state index contributed by atoms with van der Waals surface area (Å²) in [6.07, 6.45) is 0.951. The van der Waals surface area contributed by atoms with E-state index in [1.165, 1.54) is 0 Å². The molecule has 4 nitrogen and oxygen atoms in total. The van der Waals surface area contributed by atoms with E-state index < -0.39 is 6.10 Å². The molecular weight excluding hydrogens is 204 g/mol. The molecule has 0 aromatic heterocycles. The summed E-state index contributed by atoms with van der Waals surface area (Å²) in [5.74, 6) is -0.312. The van der Waals surface area contributed by atoms with Crippen molar-refractivity contribution in [3.05, 3.63) is 35.4 Å². The highest BCUT2D eigenvalue weighted by molar-refractivity contribution is 5.74. The Morgan fingerprint density at radius 2 is 2.19 bits per heavy atom. The number of hydrogen-bond acceptors (Lipinski definition) is 3. The summed E-state index contributed by atoms with van der Waals surface area (Å²) < 4.78 is 0. The van der Waals surface area contributed by atoms with E-state index in [1.54, 1.807) is 0 Å². The molecule has 1 atom stereocenters. The van der Waals surface area contributed by atoms with Crippen molar-refractivity contribution in [2.24, 2.45) is 11.5 Å². The lowest BCUT2D eigenvalue weighted by Crippen LogP contribution is -2.11. The number of nitrogens with two attached hydrogens (primary N) is 2. The van der Waals surface area contributed by atoms with Crippen LogP contribution in [-0.4, -0.2) is 17.6 Å². The highest BCUT2D eigenvalue weighted by atomic mass is 16.3. The molecule has 0 fully saturated rings. The zero-order valence-electron chi connectivity index (χ0n) is 9.23. The van der Waals surface area contributed by atoms with Crippen LogP contribution in [0.5, 0.6) is 0 Å². The molecule has 1 rings (SSSR count). The van der Waals surface area contributed by atoms with Gasteiger partial charge in [0.25, 0.3) is 0 Å². The van der Waals surface area contributed by atoms with Gasteiger partial charge in [0.1, 0.15) is 0 Å². The van der Waals surface area contributed by atoms with E-state index in [0.717, 1.165) is 11.1 Å². The molecule has 0 aliphatic heterocycles. The van der Waals surface area contributed by atoms with Crippen LogP contribution in [0.4, 0.5) is 0 Å². The number of aliphatic hydroxyl groups excluding tert-OH is 1. The first-order chi connectivity index (χ1) is 7.63. The number of hydrogen-bond donors (Lipinski definition) is 3. The Morgan fingerprint density at radius 3 is 2.81 bits per heavy atom. The predicted molar refractivity (Wildman–Crippen MR) is 62.6 cm³/mol. The molecule has 0 aliphatic rings. The first kappa shape index (κ1) is 12.7. The monoisotopic (exact) mass is 222 g/mol. The fourth-order valence-electron chi connectivity index (χ4n) is 1.55. The van der Waals surface area contributed by atoms with Gasteiger partial charge in [-0.15, -0.1) is 0 Å². The van der Waals surface area contributed by atoms with Crippen molar-refractivity contribution >= 4 is 5.91 Å². The largest absolute Gasteiger partial charge is 0.388 e. The van der Waals surface area contributed by atoms with E-state index >= 15 is 0 Å². The van der Waals surface area contributed by atoms with Gasteiger partial charge in [0.15, 0.2) is 0 Å². The van der Waals surface area contributed by atoms with Crippen molar-refractivity contribution in [3.63, 3.8) is 0 Å². The molecule has 0 saturated carbocycles. The molecule has 0 heterocycles. The smallest absolute Gasteiger partial charge is 0.217 e. The molecule has 1 aromatic rings. The second-order valence-electron chi connectivity index (χ2n) is 3.80. The number of primary amides is 1. The van der Waals surface area contributed by atoms with Crippen LogP contribution in [0.2, 0.25) is 0 Å². The number of amides is 1. The van der Waals surface area contributed by atoms with Gasteiger partial charge in [-0.05, 0) is 30.5 Å². The summed E-state index contributed by atoms with van der Waals surface area (Å²) >= 11 is 0. The van der Waals surface area contributed by atoms with Crippen molar-refractivity contribution < 1.29 is 9.90 Å². The molecule has 0 spiro atoms. The lowest BCUT2D eigenvalue weighted by atomic mass is 10.0. The molecule has 1 amide bonds. The molecule has 16 heavy (non-hydrogen) atoms. The van der Waals surface area contributed by atoms with E-state index in [2.05, 4.69) is 0 Å². The average Bonchev–Trinajstić information content (AvgIpc) is 2.27. The SMILES string of the molecule is NCCC(O)c1cccc(CCC(N)=O)c1. The van der Waals surface area contributed by atoms with Crippen LogP contribution in [0.1, 0.15) is 30.1 Å². The van der Waals surface area contributed by atoms with Gasteiger partial charge < -0.3 is 16.6 Å². The Balaban J connectivity index is 2.66. The lowest BCUT2D eigenvalue weighted by molar-refractivity contribution is -0.117. The predicted octanol–water partition coefficient (Wildman–Crippen LogP) is 0.487. The van der Waals surface area contributed by atoms with Gasteiger partial charge in [0.2, 0.25) is 5.91 Å². The topological polar surface area (TPSA) is 89.3 Å². The summed E-state index contributed by atoms with van der Waals surface area (Å²) in [6, 6.07) is 7.53. The van der Waals surface area contributed by atoms with Crippen LogP contribution < -0.4 is 11.5 Å². The van der Waals surface area contributed by atoms with Gasteiger partial charge in [0.05, 0.1) is 6.10 Å². The molecule has 0 saturated heterocycles. The number of carbonyl (C=O) groups is 1. The van der Waals surface area contributed by atoms with E-state index in [4.69, 9.17) is 11.5 Å². The number of aliphatic hydroxyl groups is 1. The Bertz CT molecular complexity index is 353.